The van der Waals surface area contributed by atoms with Gasteiger partial charge in [0, 0.05) is 36.3 Å². The predicted octanol–water partition coefficient (Wildman–Crippen LogP) is 2.76. The molecule has 2 aliphatic rings. The van der Waals surface area contributed by atoms with E-state index >= 15 is 0 Å². The second kappa shape index (κ2) is 7.21. The van der Waals surface area contributed by atoms with Crippen molar-refractivity contribution in [2.45, 2.75) is 31.8 Å². The van der Waals surface area contributed by atoms with Crippen molar-refractivity contribution in [1.29, 1.82) is 0 Å². The quantitative estimate of drug-likeness (QED) is 0.897. The number of rotatable bonds is 3. The molecule has 0 aliphatic carbocycles. The average molecular weight is 373 g/mol. The molecular formula is C19H21ClN4O2. The Balaban J connectivity index is 1.55. The molecule has 0 spiro atoms. The molecule has 136 valence electrons. The molecule has 4 rings (SSSR count). The summed E-state index contributed by atoms with van der Waals surface area (Å²) in [6.07, 6.45) is 4.84. The molecule has 1 atom stereocenters. The molecule has 2 aliphatic heterocycles. The standard InChI is InChI=1S/C19H21ClN4O2/c1-26-17-5-4-13(20)9-14(17)19(25)24-8-6-15-12(11-24)10-22-18(23-15)16-3-2-7-21-16/h4-5,9-10,16,21H,2-3,6-8,11H2,1H3/t16-/m0/s1. The van der Waals surface area contributed by atoms with Crippen LogP contribution in [0.2, 0.25) is 5.02 Å². The molecule has 1 fully saturated rings. The number of hydrogen-bond acceptors (Lipinski definition) is 5. The van der Waals surface area contributed by atoms with Crippen LogP contribution in [0.5, 0.6) is 5.75 Å². The largest absolute Gasteiger partial charge is 0.496 e. The number of carbonyl (C=O) groups is 1. The Morgan fingerprint density at radius 3 is 3.08 bits per heavy atom. The molecular weight excluding hydrogens is 352 g/mol. The van der Waals surface area contributed by atoms with Crippen LogP contribution in [0, 0.1) is 0 Å². The maximum absolute atomic E-state index is 13.0. The van der Waals surface area contributed by atoms with Crippen LogP contribution in [0.4, 0.5) is 0 Å². The number of amides is 1. The summed E-state index contributed by atoms with van der Waals surface area (Å²) in [6.45, 7) is 2.15. The number of methoxy groups -OCH3 is 1. The van der Waals surface area contributed by atoms with Crippen molar-refractivity contribution in [3.63, 3.8) is 0 Å². The van der Waals surface area contributed by atoms with Gasteiger partial charge in [-0.1, -0.05) is 11.6 Å². The van der Waals surface area contributed by atoms with E-state index in [2.05, 4.69) is 10.3 Å². The molecule has 1 N–H and O–H groups in total. The number of hydrogen-bond donors (Lipinski definition) is 1. The SMILES string of the molecule is COc1ccc(Cl)cc1C(=O)N1CCc2nc([C@@H]3CCCN3)ncc2C1. The lowest BCUT2D eigenvalue weighted by molar-refractivity contribution is 0.0729. The summed E-state index contributed by atoms with van der Waals surface area (Å²) in [4.78, 5) is 24.0. The smallest absolute Gasteiger partial charge is 0.257 e. The first-order chi connectivity index (χ1) is 12.7. The van der Waals surface area contributed by atoms with Gasteiger partial charge in [0.1, 0.15) is 11.6 Å². The van der Waals surface area contributed by atoms with Crippen LogP contribution in [0.25, 0.3) is 0 Å². The minimum atomic E-state index is -0.0865. The highest BCUT2D eigenvalue weighted by Gasteiger charge is 2.27. The zero-order valence-electron chi connectivity index (χ0n) is 14.7. The van der Waals surface area contributed by atoms with Gasteiger partial charge >= 0.3 is 0 Å². The monoisotopic (exact) mass is 372 g/mol. The number of aromatic nitrogens is 2. The van der Waals surface area contributed by atoms with E-state index in [1.165, 1.54) is 0 Å². The summed E-state index contributed by atoms with van der Waals surface area (Å²) in [5.41, 5.74) is 2.54. The Kier molecular flexibility index (Phi) is 4.78. The fraction of sp³-hybridized carbons (Fsp3) is 0.421. The Morgan fingerprint density at radius 2 is 2.31 bits per heavy atom. The van der Waals surface area contributed by atoms with Crippen LogP contribution in [0.1, 0.15) is 46.3 Å². The number of nitrogens with zero attached hydrogens (tertiary/aromatic N) is 3. The lowest BCUT2D eigenvalue weighted by Crippen LogP contribution is -2.37. The van der Waals surface area contributed by atoms with Crippen molar-refractivity contribution in [3.05, 3.63) is 52.1 Å². The molecule has 0 bridgehead atoms. The van der Waals surface area contributed by atoms with E-state index in [-0.39, 0.29) is 11.9 Å². The number of ether oxygens (including phenoxy) is 1. The second-order valence-corrected chi connectivity index (χ2v) is 7.11. The summed E-state index contributed by atoms with van der Waals surface area (Å²) in [5, 5.41) is 3.95. The third-order valence-corrected chi connectivity index (χ3v) is 5.24. The van der Waals surface area contributed by atoms with Gasteiger partial charge in [-0.25, -0.2) is 9.97 Å². The highest BCUT2D eigenvalue weighted by molar-refractivity contribution is 6.31. The zero-order chi connectivity index (χ0) is 18.1. The zero-order valence-corrected chi connectivity index (χ0v) is 15.4. The van der Waals surface area contributed by atoms with E-state index in [1.807, 2.05) is 6.20 Å². The van der Waals surface area contributed by atoms with Crippen LogP contribution in [0.3, 0.4) is 0 Å². The molecule has 3 heterocycles. The van der Waals surface area contributed by atoms with Gasteiger partial charge in [0.25, 0.3) is 5.91 Å². The van der Waals surface area contributed by atoms with E-state index in [0.717, 1.165) is 42.9 Å². The molecule has 1 aromatic heterocycles. The Morgan fingerprint density at radius 1 is 1.42 bits per heavy atom. The van der Waals surface area contributed by atoms with Gasteiger partial charge in [0.15, 0.2) is 0 Å². The number of benzene rings is 1. The van der Waals surface area contributed by atoms with E-state index < -0.39 is 0 Å². The number of carbonyl (C=O) groups excluding carboxylic acids is 1. The first-order valence-electron chi connectivity index (χ1n) is 8.86. The van der Waals surface area contributed by atoms with E-state index in [0.29, 0.717) is 29.4 Å². The molecule has 2 aromatic rings. The summed E-state index contributed by atoms with van der Waals surface area (Å²) < 4.78 is 5.32. The van der Waals surface area contributed by atoms with Crippen molar-refractivity contribution in [3.8, 4) is 5.75 Å². The molecule has 0 unspecified atom stereocenters. The lowest BCUT2D eigenvalue weighted by Gasteiger charge is -2.29. The first kappa shape index (κ1) is 17.2. The fourth-order valence-electron chi connectivity index (χ4n) is 3.60. The molecule has 1 amide bonds. The molecule has 1 aromatic carbocycles. The van der Waals surface area contributed by atoms with Gasteiger partial charge in [0.05, 0.1) is 24.4 Å². The topological polar surface area (TPSA) is 67.3 Å². The van der Waals surface area contributed by atoms with Crippen molar-refractivity contribution < 1.29 is 9.53 Å². The molecule has 6 nitrogen and oxygen atoms in total. The minimum absolute atomic E-state index is 0.0865. The number of nitrogens with one attached hydrogen (secondary N) is 1. The number of fused-ring (bicyclic) bond motifs is 1. The average Bonchev–Trinajstić information content (AvgIpc) is 3.21. The summed E-state index contributed by atoms with van der Waals surface area (Å²) in [6, 6.07) is 5.35. The second-order valence-electron chi connectivity index (χ2n) is 6.67. The van der Waals surface area contributed by atoms with Crippen LogP contribution in [-0.2, 0) is 13.0 Å². The molecule has 0 saturated carbocycles. The highest BCUT2D eigenvalue weighted by atomic mass is 35.5. The Hall–Kier alpha value is -2.18. The van der Waals surface area contributed by atoms with Crippen LogP contribution in [-0.4, -0.2) is 41.0 Å². The van der Waals surface area contributed by atoms with Gasteiger partial charge in [-0.15, -0.1) is 0 Å². The van der Waals surface area contributed by atoms with Gasteiger partial charge in [-0.05, 0) is 37.6 Å². The van der Waals surface area contributed by atoms with Gasteiger partial charge in [-0.2, -0.15) is 0 Å². The van der Waals surface area contributed by atoms with E-state index in [9.17, 15) is 4.79 Å². The molecule has 7 heteroatoms. The maximum Gasteiger partial charge on any atom is 0.257 e. The molecule has 1 saturated heterocycles. The van der Waals surface area contributed by atoms with Crippen molar-refractivity contribution in [2.75, 3.05) is 20.2 Å². The van der Waals surface area contributed by atoms with Crippen LogP contribution < -0.4 is 10.1 Å². The normalized spacial score (nSPS) is 19.3. The van der Waals surface area contributed by atoms with Gasteiger partial charge in [0.2, 0.25) is 0 Å². The predicted molar refractivity (Wildman–Crippen MR) is 98.5 cm³/mol. The van der Waals surface area contributed by atoms with Crippen LogP contribution >= 0.6 is 11.6 Å². The minimum Gasteiger partial charge on any atom is -0.496 e. The van der Waals surface area contributed by atoms with Crippen molar-refractivity contribution in [2.24, 2.45) is 0 Å². The Labute approximate surface area is 157 Å². The van der Waals surface area contributed by atoms with Crippen LogP contribution in [0.15, 0.2) is 24.4 Å². The highest BCUT2D eigenvalue weighted by Crippen LogP contribution is 2.27. The molecule has 26 heavy (non-hydrogen) atoms. The Bertz CT molecular complexity index is 836. The van der Waals surface area contributed by atoms with E-state index in [4.69, 9.17) is 21.3 Å². The maximum atomic E-state index is 13.0. The summed E-state index contributed by atoms with van der Waals surface area (Å²) in [5.74, 6) is 1.32. The molecule has 0 radical (unpaired) electrons. The first-order valence-corrected chi connectivity index (χ1v) is 9.24. The third-order valence-electron chi connectivity index (χ3n) is 5.00. The fourth-order valence-corrected chi connectivity index (χ4v) is 3.77. The third kappa shape index (κ3) is 3.27. The summed E-state index contributed by atoms with van der Waals surface area (Å²) in [7, 11) is 1.55. The number of halogens is 1. The van der Waals surface area contributed by atoms with Gasteiger partial charge < -0.3 is 15.0 Å². The van der Waals surface area contributed by atoms with Crippen molar-refractivity contribution >= 4 is 17.5 Å². The van der Waals surface area contributed by atoms with Crippen molar-refractivity contribution in [1.82, 2.24) is 20.2 Å². The van der Waals surface area contributed by atoms with E-state index in [1.54, 1.807) is 30.2 Å². The summed E-state index contributed by atoms with van der Waals surface area (Å²) >= 11 is 6.07. The lowest BCUT2D eigenvalue weighted by atomic mass is 10.0. The van der Waals surface area contributed by atoms with Gasteiger partial charge in [-0.3, -0.25) is 4.79 Å².